The molecule has 1 aromatic carbocycles. The number of fused-ring (bicyclic) bond motifs is 1. The SMILES string of the molecule is CCOC(=O)C1=C(C)N=C(C)C(C(=O)OCC)C1c1cccc2nonc12. The van der Waals surface area contributed by atoms with E-state index in [1.165, 1.54) is 0 Å². The van der Waals surface area contributed by atoms with Crippen LogP contribution in [0.15, 0.2) is 39.1 Å². The fourth-order valence-electron chi connectivity index (χ4n) is 3.46. The maximum absolute atomic E-state index is 12.8. The molecule has 0 aliphatic carbocycles. The van der Waals surface area contributed by atoms with Crippen molar-refractivity contribution >= 4 is 28.7 Å². The molecule has 1 aliphatic rings. The maximum atomic E-state index is 12.8. The van der Waals surface area contributed by atoms with E-state index in [2.05, 4.69) is 15.3 Å². The molecular weight excluding hydrogens is 350 g/mol. The minimum absolute atomic E-state index is 0.213. The van der Waals surface area contributed by atoms with Crippen LogP contribution in [0.4, 0.5) is 0 Å². The highest BCUT2D eigenvalue weighted by Gasteiger charge is 2.43. The molecule has 0 bridgehead atoms. The van der Waals surface area contributed by atoms with E-state index in [0.29, 0.717) is 33.6 Å². The Bertz CT molecular complexity index is 944. The summed E-state index contributed by atoms with van der Waals surface area (Å²) in [6, 6.07) is 5.33. The molecule has 3 rings (SSSR count). The third-order valence-corrected chi connectivity index (χ3v) is 4.52. The number of allylic oxidation sites excluding steroid dienone is 1. The lowest BCUT2D eigenvalue weighted by Gasteiger charge is -2.31. The van der Waals surface area contributed by atoms with Crippen LogP contribution < -0.4 is 0 Å². The minimum Gasteiger partial charge on any atom is -0.465 e. The number of ether oxygens (including phenoxy) is 2. The molecule has 2 atom stereocenters. The van der Waals surface area contributed by atoms with Gasteiger partial charge < -0.3 is 9.47 Å². The van der Waals surface area contributed by atoms with E-state index < -0.39 is 23.8 Å². The fraction of sp³-hybridized carbons (Fsp3) is 0.421. The number of hydrogen-bond donors (Lipinski definition) is 0. The van der Waals surface area contributed by atoms with Crippen LogP contribution in [0.3, 0.4) is 0 Å². The molecule has 0 spiro atoms. The topological polar surface area (TPSA) is 104 Å². The molecule has 1 aromatic heterocycles. The standard InChI is InChI=1S/C19H21N3O5/c1-5-25-18(23)14-10(3)20-11(4)15(19(24)26-6-2)16(14)12-8-7-9-13-17(12)22-27-21-13/h7-9,14,16H,5-6H2,1-4H3. The van der Waals surface area contributed by atoms with E-state index in [1.807, 2.05) is 0 Å². The van der Waals surface area contributed by atoms with Gasteiger partial charge in [0, 0.05) is 17.3 Å². The van der Waals surface area contributed by atoms with Gasteiger partial charge >= 0.3 is 11.9 Å². The van der Waals surface area contributed by atoms with Gasteiger partial charge in [-0.25, -0.2) is 9.42 Å². The molecule has 1 aliphatic heterocycles. The van der Waals surface area contributed by atoms with Crippen molar-refractivity contribution in [3.05, 3.63) is 35.0 Å². The Morgan fingerprint density at radius 1 is 1.11 bits per heavy atom. The van der Waals surface area contributed by atoms with Gasteiger partial charge in [0.05, 0.1) is 18.8 Å². The lowest BCUT2D eigenvalue weighted by atomic mass is 9.75. The summed E-state index contributed by atoms with van der Waals surface area (Å²) in [4.78, 5) is 29.9. The fourth-order valence-corrected chi connectivity index (χ4v) is 3.46. The lowest BCUT2D eigenvalue weighted by molar-refractivity contribution is -0.146. The number of carbonyl (C=O) groups excluding carboxylic acids is 2. The number of carbonyl (C=O) groups is 2. The zero-order chi connectivity index (χ0) is 19.6. The Kier molecular flexibility index (Phi) is 5.34. The van der Waals surface area contributed by atoms with Gasteiger partial charge in [-0.2, -0.15) is 0 Å². The van der Waals surface area contributed by atoms with Gasteiger partial charge in [0.15, 0.2) is 0 Å². The third-order valence-electron chi connectivity index (χ3n) is 4.52. The van der Waals surface area contributed by atoms with Crippen LogP contribution in [-0.2, 0) is 19.1 Å². The molecule has 2 aromatic rings. The van der Waals surface area contributed by atoms with Gasteiger partial charge in [-0.15, -0.1) is 0 Å². The summed E-state index contributed by atoms with van der Waals surface area (Å²) in [5.41, 5.74) is 3.05. The highest BCUT2D eigenvalue weighted by Crippen LogP contribution is 2.42. The molecule has 142 valence electrons. The largest absolute Gasteiger partial charge is 0.465 e. The molecule has 0 saturated carbocycles. The maximum Gasteiger partial charge on any atom is 0.336 e. The average molecular weight is 371 g/mol. The first-order valence-electron chi connectivity index (χ1n) is 8.80. The molecule has 0 fully saturated rings. The Labute approximate surface area is 156 Å². The summed E-state index contributed by atoms with van der Waals surface area (Å²) in [5, 5.41) is 7.83. The van der Waals surface area contributed by atoms with Gasteiger partial charge in [-0.1, -0.05) is 12.1 Å². The van der Waals surface area contributed by atoms with Crippen molar-refractivity contribution in [2.45, 2.75) is 33.6 Å². The van der Waals surface area contributed by atoms with Crippen molar-refractivity contribution in [3.63, 3.8) is 0 Å². The minimum atomic E-state index is -0.768. The summed E-state index contributed by atoms with van der Waals surface area (Å²) in [7, 11) is 0. The molecule has 2 unspecified atom stereocenters. The number of aromatic nitrogens is 2. The van der Waals surface area contributed by atoms with E-state index in [-0.39, 0.29) is 13.2 Å². The van der Waals surface area contributed by atoms with Gasteiger partial charge in [0.25, 0.3) is 0 Å². The average Bonchev–Trinajstić information content (AvgIpc) is 3.10. The van der Waals surface area contributed by atoms with E-state index in [9.17, 15) is 9.59 Å². The Morgan fingerprint density at radius 2 is 1.85 bits per heavy atom. The summed E-state index contributed by atoms with van der Waals surface area (Å²) in [5.74, 6) is -2.39. The predicted octanol–water partition coefficient (Wildman–Crippen LogP) is 2.80. The highest BCUT2D eigenvalue weighted by molar-refractivity contribution is 6.07. The second-order valence-corrected chi connectivity index (χ2v) is 6.16. The Morgan fingerprint density at radius 3 is 2.56 bits per heavy atom. The van der Waals surface area contributed by atoms with Crippen molar-refractivity contribution in [2.24, 2.45) is 10.9 Å². The normalized spacial score (nSPS) is 19.8. The third kappa shape index (κ3) is 3.34. The van der Waals surface area contributed by atoms with Crippen LogP contribution in [0, 0.1) is 5.92 Å². The summed E-state index contributed by atoms with van der Waals surface area (Å²) in [6.07, 6.45) is 0. The van der Waals surface area contributed by atoms with Crippen LogP contribution >= 0.6 is 0 Å². The molecule has 8 nitrogen and oxygen atoms in total. The number of hydrogen-bond acceptors (Lipinski definition) is 8. The van der Waals surface area contributed by atoms with Crippen molar-refractivity contribution < 1.29 is 23.7 Å². The molecule has 0 amide bonds. The molecule has 2 heterocycles. The summed E-state index contributed by atoms with van der Waals surface area (Å²) < 4.78 is 15.4. The van der Waals surface area contributed by atoms with Crippen molar-refractivity contribution in [3.8, 4) is 0 Å². The Balaban J connectivity index is 2.23. The van der Waals surface area contributed by atoms with Gasteiger partial charge in [0.2, 0.25) is 0 Å². The monoisotopic (exact) mass is 371 g/mol. The molecule has 0 radical (unpaired) electrons. The van der Waals surface area contributed by atoms with E-state index >= 15 is 0 Å². The Hall–Kier alpha value is -3.03. The van der Waals surface area contributed by atoms with Crippen LogP contribution in [0.25, 0.3) is 11.0 Å². The first-order chi connectivity index (χ1) is 13.0. The van der Waals surface area contributed by atoms with Crippen LogP contribution in [-0.4, -0.2) is 41.2 Å². The molecular formula is C19H21N3O5. The first kappa shape index (κ1) is 18.8. The first-order valence-corrected chi connectivity index (χ1v) is 8.80. The van der Waals surface area contributed by atoms with Crippen molar-refractivity contribution in [1.29, 1.82) is 0 Å². The second-order valence-electron chi connectivity index (χ2n) is 6.16. The lowest BCUT2D eigenvalue weighted by Crippen LogP contribution is -2.36. The smallest absolute Gasteiger partial charge is 0.336 e. The van der Waals surface area contributed by atoms with Gasteiger partial charge in [-0.05, 0) is 49.6 Å². The zero-order valence-electron chi connectivity index (χ0n) is 15.7. The molecule has 0 saturated heterocycles. The zero-order valence-corrected chi connectivity index (χ0v) is 15.7. The second kappa shape index (κ2) is 7.69. The van der Waals surface area contributed by atoms with E-state index in [4.69, 9.17) is 14.1 Å². The summed E-state index contributed by atoms with van der Waals surface area (Å²) in [6.45, 7) is 7.38. The predicted molar refractivity (Wildman–Crippen MR) is 97.1 cm³/mol. The highest BCUT2D eigenvalue weighted by atomic mass is 16.6. The number of rotatable bonds is 5. The van der Waals surface area contributed by atoms with Crippen LogP contribution in [0.2, 0.25) is 0 Å². The van der Waals surface area contributed by atoms with Gasteiger partial charge in [-0.3, -0.25) is 9.79 Å². The van der Waals surface area contributed by atoms with Gasteiger partial charge in [0.1, 0.15) is 17.0 Å². The van der Waals surface area contributed by atoms with Crippen LogP contribution in [0.1, 0.15) is 39.2 Å². The van der Waals surface area contributed by atoms with E-state index in [0.717, 1.165) is 0 Å². The summed E-state index contributed by atoms with van der Waals surface area (Å²) >= 11 is 0. The van der Waals surface area contributed by atoms with E-state index in [1.54, 1.807) is 45.9 Å². The molecule has 0 N–H and O–H groups in total. The number of aliphatic imine (C=N–C) groups is 1. The molecule has 27 heavy (non-hydrogen) atoms. The van der Waals surface area contributed by atoms with Crippen LogP contribution in [0.5, 0.6) is 0 Å². The quantitative estimate of drug-likeness (QED) is 0.744. The van der Waals surface area contributed by atoms with Crippen molar-refractivity contribution in [1.82, 2.24) is 10.3 Å². The number of benzene rings is 1. The number of esters is 2. The van der Waals surface area contributed by atoms with Crippen molar-refractivity contribution in [2.75, 3.05) is 13.2 Å². The number of nitrogens with zero attached hydrogens (tertiary/aromatic N) is 3. The molecule has 8 heteroatoms.